The fourth-order valence-electron chi connectivity index (χ4n) is 4.25. The molecule has 2 aromatic heterocycles. The molecule has 2 aromatic rings. The lowest BCUT2D eigenvalue weighted by Gasteiger charge is -2.33. The number of rotatable bonds is 16. The highest BCUT2D eigenvalue weighted by Crippen LogP contribution is 2.22. The molecule has 12 nitrogen and oxygen atoms in total. The Kier molecular flexibility index (Phi) is 12.6. The largest absolute Gasteiger partial charge is 0.551 e. The summed E-state index contributed by atoms with van der Waals surface area (Å²) >= 11 is 2.81. The number of hydrogen-bond acceptors (Lipinski definition) is 11. The number of amides is 2. The van der Waals surface area contributed by atoms with Crippen LogP contribution in [0.2, 0.25) is 0 Å². The Labute approximate surface area is 240 Å². The number of carbonyl (C=O) groups is 4. The molecule has 0 unspecified atom stereocenters. The molecule has 3 heterocycles. The second-order valence-electron chi connectivity index (χ2n) is 9.50. The maximum absolute atomic E-state index is 12.7. The standard InChI is InChI=1S/C24H32B2N2O10S2/c29-15(11-23(32)33)5-7-20(28-22(31)14-18-4-2-10-40-18)26-37-16(12-24(34)38-26)6-8-19(25(35)36)27-21(30)13-17-3-1-9-39-17/h1-4,9-10,15-16,19-20,29,35-36H,5-8,11-14H2,(H,27,30)(H,28,31)(H,32,33)/t15-,16-,19-,20-/m0/s1. The Balaban J connectivity index is 1.61. The van der Waals surface area contributed by atoms with E-state index >= 15 is 0 Å². The van der Waals surface area contributed by atoms with Gasteiger partial charge in [-0.2, -0.15) is 0 Å². The van der Waals surface area contributed by atoms with Gasteiger partial charge in [0.15, 0.2) is 0 Å². The lowest BCUT2D eigenvalue weighted by atomic mass is 9.72. The molecule has 1 aliphatic rings. The van der Waals surface area contributed by atoms with E-state index in [2.05, 4.69) is 10.6 Å². The summed E-state index contributed by atoms with van der Waals surface area (Å²) < 4.78 is 11.3. The molecule has 0 spiro atoms. The van der Waals surface area contributed by atoms with E-state index in [1.54, 1.807) is 12.1 Å². The third-order valence-corrected chi connectivity index (χ3v) is 7.95. The molecule has 0 aliphatic carbocycles. The van der Waals surface area contributed by atoms with Crippen LogP contribution in [0.5, 0.6) is 0 Å². The Hall–Kier alpha value is -2.75. The van der Waals surface area contributed by atoms with Crippen LogP contribution in [0.3, 0.4) is 0 Å². The van der Waals surface area contributed by atoms with E-state index < -0.39 is 56.7 Å². The Bertz CT molecular complexity index is 1100. The van der Waals surface area contributed by atoms with Crippen molar-refractivity contribution in [1.82, 2.24) is 10.6 Å². The number of hydrogen-bond donors (Lipinski definition) is 6. The molecule has 4 atom stereocenters. The molecule has 216 valence electrons. The minimum atomic E-state index is -1.83. The average molecular weight is 594 g/mol. The van der Waals surface area contributed by atoms with Crippen molar-refractivity contribution in [2.24, 2.45) is 0 Å². The molecule has 0 bridgehead atoms. The molecular weight excluding hydrogens is 562 g/mol. The van der Waals surface area contributed by atoms with Gasteiger partial charge in [-0.25, -0.2) is 0 Å². The van der Waals surface area contributed by atoms with E-state index in [4.69, 9.17) is 14.4 Å². The van der Waals surface area contributed by atoms with Crippen molar-refractivity contribution in [2.75, 3.05) is 0 Å². The average Bonchev–Trinajstić information content (AvgIpc) is 3.58. The van der Waals surface area contributed by atoms with Crippen molar-refractivity contribution < 1.29 is 48.7 Å². The molecule has 40 heavy (non-hydrogen) atoms. The summed E-state index contributed by atoms with van der Waals surface area (Å²) in [5.41, 5.74) is 0. The highest BCUT2D eigenvalue weighted by atomic mass is 32.1. The van der Waals surface area contributed by atoms with Gasteiger partial charge in [0, 0.05) is 9.75 Å². The fraction of sp³-hybridized carbons (Fsp3) is 0.500. The predicted octanol–water partition coefficient (Wildman–Crippen LogP) is 0.332. The van der Waals surface area contributed by atoms with E-state index in [1.807, 2.05) is 22.9 Å². The van der Waals surface area contributed by atoms with Gasteiger partial charge >= 0.3 is 20.2 Å². The third kappa shape index (κ3) is 11.0. The van der Waals surface area contributed by atoms with Gasteiger partial charge in [0.05, 0.1) is 49.8 Å². The van der Waals surface area contributed by atoms with Gasteiger partial charge in [0.25, 0.3) is 5.97 Å². The van der Waals surface area contributed by atoms with Crippen LogP contribution in [-0.2, 0) is 41.3 Å². The van der Waals surface area contributed by atoms with Crippen LogP contribution in [0.4, 0.5) is 0 Å². The van der Waals surface area contributed by atoms with E-state index in [1.165, 1.54) is 22.7 Å². The van der Waals surface area contributed by atoms with Crippen LogP contribution in [0.1, 0.15) is 48.3 Å². The molecule has 6 N–H and O–H groups in total. The van der Waals surface area contributed by atoms with Crippen LogP contribution in [0, 0.1) is 0 Å². The predicted molar refractivity (Wildman–Crippen MR) is 148 cm³/mol. The zero-order chi connectivity index (χ0) is 29.1. The first kappa shape index (κ1) is 31.8. The topological polar surface area (TPSA) is 192 Å². The molecular formula is C24H32B2N2O10S2. The molecule has 0 aromatic carbocycles. The second-order valence-corrected chi connectivity index (χ2v) is 11.6. The van der Waals surface area contributed by atoms with Gasteiger partial charge in [0.1, 0.15) is 0 Å². The van der Waals surface area contributed by atoms with Crippen molar-refractivity contribution >= 4 is 60.7 Å². The number of aliphatic hydroxyl groups is 1. The van der Waals surface area contributed by atoms with E-state index in [9.17, 15) is 34.3 Å². The summed E-state index contributed by atoms with van der Waals surface area (Å²) in [6.07, 6.45) is -1.96. The van der Waals surface area contributed by atoms with Crippen LogP contribution < -0.4 is 10.6 Å². The first-order valence-electron chi connectivity index (χ1n) is 12.8. The summed E-state index contributed by atoms with van der Waals surface area (Å²) in [5.74, 6) is -4.37. The molecule has 2 amide bonds. The summed E-state index contributed by atoms with van der Waals surface area (Å²) in [6, 6.07) is 7.22. The summed E-state index contributed by atoms with van der Waals surface area (Å²) in [4.78, 5) is 50.1. The summed E-state index contributed by atoms with van der Waals surface area (Å²) in [5, 5.41) is 47.6. The zero-order valence-corrected chi connectivity index (χ0v) is 23.3. The van der Waals surface area contributed by atoms with Crippen molar-refractivity contribution in [1.29, 1.82) is 0 Å². The Morgan fingerprint density at radius 1 is 1.02 bits per heavy atom. The number of carbonyl (C=O) groups excluding carboxylic acids is 3. The van der Waals surface area contributed by atoms with Gasteiger partial charge in [-0.05, 0) is 48.6 Å². The number of nitrogens with one attached hydrogen (secondary N) is 2. The van der Waals surface area contributed by atoms with Crippen molar-refractivity contribution in [2.45, 2.75) is 75.5 Å². The SMILES string of the molecule is O=C(O)C[C@@H](O)CC[C@H](NC(=O)Cc1cccs1)B1OC(=O)C[C@H](CC[C@H](NC(=O)Cc2cccs2)B(O)O)O1. The van der Waals surface area contributed by atoms with Gasteiger partial charge in [-0.1, -0.05) is 12.1 Å². The van der Waals surface area contributed by atoms with Crippen LogP contribution in [0.15, 0.2) is 35.0 Å². The minimum Gasteiger partial charge on any atom is -0.508 e. The first-order chi connectivity index (χ1) is 19.1. The molecule has 16 heteroatoms. The Morgan fingerprint density at radius 3 is 2.20 bits per heavy atom. The molecule has 3 rings (SSSR count). The van der Waals surface area contributed by atoms with E-state index in [-0.39, 0.29) is 56.8 Å². The highest BCUT2D eigenvalue weighted by Gasteiger charge is 2.42. The van der Waals surface area contributed by atoms with Gasteiger partial charge in [0.2, 0.25) is 11.8 Å². The lowest BCUT2D eigenvalue weighted by molar-refractivity contribution is -0.143. The summed E-state index contributed by atoms with van der Waals surface area (Å²) in [7, 11) is -3.04. The molecule has 1 aliphatic heterocycles. The van der Waals surface area contributed by atoms with E-state index in [0.717, 1.165) is 9.75 Å². The number of carboxylic acid groups (broad SMARTS) is 1. The highest BCUT2D eigenvalue weighted by molar-refractivity contribution is 7.10. The monoisotopic (exact) mass is 594 g/mol. The summed E-state index contributed by atoms with van der Waals surface area (Å²) in [6.45, 7) is 0. The molecule has 0 saturated carbocycles. The zero-order valence-electron chi connectivity index (χ0n) is 21.6. The van der Waals surface area contributed by atoms with E-state index in [0.29, 0.717) is 0 Å². The molecule has 1 fully saturated rings. The van der Waals surface area contributed by atoms with Gasteiger partial charge in [-0.15, -0.1) is 22.7 Å². The smallest absolute Gasteiger partial charge is 0.508 e. The van der Waals surface area contributed by atoms with Gasteiger partial charge < -0.3 is 40.2 Å². The number of aliphatic carboxylic acids is 1. The minimum absolute atomic E-state index is 0.00732. The third-order valence-electron chi connectivity index (χ3n) is 6.20. The number of thiophene rings is 2. The van der Waals surface area contributed by atoms with Crippen LogP contribution in [0.25, 0.3) is 0 Å². The number of carboxylic acids is 1. The lowest BCUT2D eigenvalue weighted by Crippen LogP contribution is -2.55. The van der Waals surface area contributed by atoms with Gasteiger partial charge in [-0.3, -0.25) is 19.2 Å². The fourth-order valence-corrected chi connectivity index (χ4v) is 5.65. The maximum atomic E-state index is 12.7. The maximum Gasteiger partial charge on any atom is 0.551 e. The first-order valence-corrected chi connectivity index (χ1v) is 14.6. The Morgan fingerprint density at radius 2 is 1.65 bits per heavy atom. The molecule has 0 radical (unpaired) electrons. The van der Waals surface area contributed by atoms with Crippen molar-refractivity contribution in [3.8, 4) is 0 Å². The molecule has 1 saturated heterocycles. The normalized spacial score (nSPS) is 17.4. The quantitative estimate of drug-likeness (QED) is 0.148. The second kappa shape index (κ2) is 15.9. The van der Waals surface area contributed by atoms with Crippen molar-refractivity contribution in [3.05, 3.63) is 44.8 Å². The number of aliphatic hydroxyl groups excluding tert-OH is 1. The van der Waals surface area contributed by atoms with Crippen LogP contribution >= 0.6 is 22.7 Å². The van der Waals surface area contributed by atoms with Crippen LogP contribution in [-0.4, -0.2) is 82.3 Å². The van der Waals surface area contributed by atoms with Crippen molar-refractivity contribution in [3.63, 3.8) is 0 Å².